The molecular weight excluding hydrogens is 410 g/mol. The summed E-state index contributed by atoms with van der Waals surface area (Å²) in [6, 6.07) is 4.69. The summed E-state index contributed by atoms with van der Waals surface area (Å²) in [5.41, 5.74) is 0.501. The number of ether oxygens (including phenoxy) is 1. The zero-order chi connectivity index (χ0) is 22.4. The van der Waals surface area contributed by atoms with Crippen molar-refractivity contribution in [2.45, 2.75) is 56.3 Å². The molecule has 2 saturated heterocycles. The molecule has 2 fully saturated rings. The second-order valence-electron chi connectivity index (χ2n) is 8.46. The predicted molar refractivity (Wildman–Crippen MR) is 110 cm³/mol. The number of nitrogens with zero attached hydrogens (tertiary/aromatic N) is 1. The molecular formula is C20H27N3O6S. The van der Waals surface area contributed by atoms with Gasteiger partial charge in [-0.1, -0.05) is 19.9 Å². The quantitative estimate of drug-likeness (QED) is 0.638. The molecule has 2 aliphatic rings. The summed E-state index contributed by atoms with van der Waals surface area (Å²) in [4.78, 5) is 39.1. The molecule has 0 saturated carbocycles. The lowest BCUT2D eigenvalue weighted by Crippen LogP contribution is -2.61. The van der Waals surface area contributed by atoms with E-state index in [0.29, 0.717) is 11.4 Å². The molecule has 3 atom stereocenters. The second-order valence-corrected chi connectivity index (χ2v) is 11.1. The van der Waals surface area contributed by atoms with Crippen LogP contribution in [0.15, 0.2) is 24.3 Å². The number of rotatable bonds is 6. The lowest BCUT2D eigenvalue weighted by molar-refractivity contribution is -0.150. The molecule has 2 N–H and O–H groups in total. The fraction of sp³-hybridized carbons (Fsp3) is 0.550. The van der Waals surface area contributed by atoms with Gasteiger partial charge in [-0.2, -0.15) is 0 Å². The van der Waals surface area contributed by atoms with Gasteiger partial charge in [0.15, 0.2) is 9.84 Å². The number of methoxy groups -OCH3 is 1. The van der Waals surface area contributed by atoms with Crippen molar-refractivity contribution < 1.29 is 27.5 Å². The first-order valence-corrected chi connectivity index (χ1v) is 11.3. The molecule has 0 aliphatic carbocycles. The standard InChI is InChI=1S/C20H27N3O6S/c1-11(2)16(18(25)21-12-7-6-8-13(9-12)29-5)22-19(26)17-20(3,4)30(27,28)15-10-14(24)23(15)17/h6-9,11,15-17H,10H2,1-5H3,(H,21,25)(H,22,26). The maximum Gasteiger partial charge on any atom is 0.247 e. The Bertz CT molecular complexity index is 988. The summed E-state index contributed by atoms with van der Waals surface area (Å²) < 4.78 is 29.1. The van der Waals surface area contributed by atoms with Crippen LogP contribution in [-0.4, -0.2) is 60.4 Å². The molecule has 164 valence electrons. The number of amides is 3. The van der Waals surface area contributed by atoms with Crippen LogP contribution in [0.1, 0.15) is 34.1 Å². The topological polar surface area (TPSA) is 122 Å². The Morgan fingerprint density at radius 1 is 1.27 bits per heavy atom. The van der Waals surface area contributed by atoms with Gasteiger partial charge < -0.3 is 20.3 Å². The van der Waals surface area contributed by atoms with Gasteiger partial charge in [0.05, 0.1) is 18.3 Å². The first-order chi connectivity index (χ1) is 13.9. The van der Waals surface area contributed by atoms with Crippen LogP contribution in [0.4, 0.5) is 5.69 Å². The van der Waals surface area contributed by atoms with Crippen molar-refractivity contribution in [2.24, 2.45) is 5.92 Å². The van der Waals surface area contributed by atoms with Crippen molar-refractivity contribution in [2.75, 3.05) is 12.4 Å². The number of carbonyl (C=O) groups excluding carboxylic acids is 3. The summed E-state index contributed by atoms with van der Waals surface area (Å²) in [6.07, 6.45) is -0.112. The Labute approximate surface area is 176 Å². The molecule has 2 aliphatic heterocycles. The number of benzene rings is 1. The van der Waals surface area contributed by atoms with Crippen LogP contribution in [0.2, 0.25) is 0 Å². The van der Waals surface area contributed by atoms with Crippen LogP contribution in [0.5, 0.6) is 5.75 Å². The normalized spacial score (nSPS) is 24.6. The van der Waals surface area contributed by atoms with Crippen LogP contribution in [-0.2, 0) is 24.2 Å². The number of sulfone groups is 1. The summed E-state index contributed by atoms with van der Waals surface area (Å²) >= 11 is 0. The Morgan fingerprint density at radius 2 is 1.93 bits per heavy atom. The average Bonchev–Trinajstić information content (AvgIpc) is 2.79. The number of hydrogen-bond donors (Lipinski definition) is 2. The molecule has 10 heteroatoms. The third-order valence-corrected chi connectivity index (χ3v) is 8.61. The fourth-order valence-corrected chi connectivity index (χ4v) is 6.08. The molecule has 3 unspecified atom stereocenters. The average molecular weight is 438 g/mol. The maximum absolute atomic E-state index is 13.1. The Morgan fingerprint density at radius 3 is 2.50 bits per heavy atom. The number of fused-ring (bicyclic) bond motifs is 1. The van der Waals surface area contributed by atoms with Gasteiger partial charge in [-0.25, -0.2) is 8.42 Å². The molecule has 0 aromatic heterocycles. The van der Waals surface area contributed by atoms with Gasteiger partial charge >= 0.3 is 0 Å². The van der Waals surface area contributed by atoms with E-state index in [4.69, 9.17) is 4.74 Å². The zero-order valence-corrected chi connectivity index (χ0v) is 18.4. The van der Waals surface area contributed by atoms with Crippen LogP contribution in [0.25, 0.3) is 0 Å². The van der Waals surface area contributed by atoms with Crippen molar-refractivity contribution in [1.82, 2.24) is 10.2 Å². The monoisotopic (exact) mass is 437 g/mol. The van der Waals surface area contributed by atoms with E-state index < -0.39 is 43.9 Å². The van der Waals surface area contributed by atoms with Gasteiger partial charge in [0.1, 0.15) is 23.2 Å². The molecule has 30 heavy (non-hydrogen) atoms. The molecule has 9 nitrogen and oxygen atoms in total. The number of nitrogens with one attached hydrogen (secondary N) is 2. The van der Waals surface area contributed by atoms with Crippen LogP contribution >= 0.6 is 0 Å². The molecule has 0 bridgehead atoms. The van der Waals surface area contributed by atoms with Crippen molar-refractivity contribution in [3.8, 4) is 5.75 Å². The lowest BCUT2D eigenvalue weighted by Gasteiger charge is -2.37. The van der Waals surface area contributed by atoms with E-state index in [1.807, 2.05) is 0 Å². The summed E-state index contributed by atoms with van der Waals surface area (Å²) in [5, 5.41) is 4.43. The van der Waals surface area contributed by atoms with Gasteiger partial charge in [-0.15, -0.1) is 0 Å². The van der Waals surface area contributed by atoms with E-state index in [1.165, 1.54) is 21.0 Å². The number of carbonyl (C=O) groups is 3. The van der Waals surface area contributed by atoms with Gasteiger partial charge in [-0.3, -0.25) is 14.4 Å². The highest BCUT2D eigenvalue weighted by molar-refractivity contribution is 7.93. The third kappa shape index (κ3) is 3.42. The zero-order valence-electron chi connectivity index (χ0n) is 17.6. The second kappa shape index (κ2) is 7.57. The van der Waals surface area contributed by atoms with E-state index in [9.17, 15) is 22.8 Å². The first kappa shape index (κ1) is 22.1. The van der Waals surface area contributed by atoms with E-state index in [0.717, 1.165) is 4.90 Å². The Kier molecular flexibility index (Phi) is 5.57. The number of hydrogen-bond acceptors (Lipinski definition) is 6. The molecule has 1 aromatic carbocycles. The van der Waals surface area contributed by atoms with E-state index in [-0.39, 0.29) is 18.2 Å². The molecule has 0 spiro atoms. The highest BCUT2D eigenvalue weighted by atomic mass is 32.2. The Hall–Kier alpha value is -2.62. The Balaban J connectivity index is 1.80. The summed E-state index contributed by atoms with van der Waals surface area (Å²) in [5.74, 6) is -1.19. The maximum atomic E-state index is 13.1. The minimum Gasteiger partial charge on any atom is -0.497 e. The van der Waals surface area contributed by atoms with Crippen LogP contribution < -0.4 is 15.4 Å². The van der Waals surface area contributed by atoms with Gasteiger partial charge in [-0.05, 0) is 31.9 Å². The molecule has 1 aromatic rings. The lowest BCUT2D eigenvalue weighted by atomic mass is 9.95. The first-order valence-electron chi connectivity index (χ1n) is 9.71. The smallest absolute Gasteiger partial charge is 0.247 e. The van der Waals surface area contributed by atoms with Gasteiger partial charge in [0, 0.05) is 11.8 Å². The van der Waals surface area contributed by atoms with Crippen molar-refractivity contribution >= 4 is 33.2 Å². The largest absolute Gasteiger partial charge is 0.497 e. The van der Waals surface area contributed by atoms with E-state index in [2.05, 4.69) is 10.6 Å². The van der Waals surface area contributed by atoms with E-state index >= 15 is 0 Å². The van der Waals surface area contributed by atoms with Crippen molar-refractivity contribution in [3.05, 3.63) is 24.3 Å². The molecule has 3 rings (SSSR count). The summed E-state index contributed by atoms with van der Waals surface area (Å²) in [6.45, 7) is 6.42. The fourth-order valence-electron chi connectivity index (χ4n) is 3.94. The van der Waals surface area contributed by atoms with Crippen LogP contribution in [0.3, 0.4) is 0 Å². The molecule has 3 amide bonds. The van der Waals surface area contributed by atoms with Crippen LogP contribution in [0, 0.1) is 5.92 Å². The van der Waals surface area contributed by atoms with Gasteiger partial charge in [0.25, 0.3) is 0 Å². The summed E-state index contributed by atoms with van der Waals surface area (Å²) in [7, 11) is -2.18. The molecule has 0 radical (unpaired) electrons. The predicted octanol–water partition coefficient (Wildman–Crippen LogP) is 0.908. The minimum atomic E-state index is -3.70. The van der Waals surface area contributed by atoms with Crippen molar-refractivity contribution in [1.29, 1.82) is 0 Å². The SMILES string of the molecule is COc1cccc(NC(=O)C(NC(=O)C2N3C(=O)CC3S(=O)(=O)C2(C)C)C(C)C)c1. The number of β-lactam (4-membered cyclic amide) rings is 1. The van der Waals surface area contributed by atoms with Gasteiger partial charge in [0.2, 0.25) is 17.7 Å². The minimum absolute atomic E-state index is 0.112. The third-order valence-electron chi connectivity index (χ3n) is 5.81. The number of anilines is 1. The highest BCUT2D eigenvalue weighted by Crippen LogP contribution is 2.45. The van der Waals surface area contributed by atoms with E-state index in [1.54, 1.807) is 38.1 Å². The highest BCUT2D eigenvalue weighted by Gasteiger charge is 2.67. The van der Waals surface area contributed by atoms with Crippen molar-refractivity contribution in [3.63, 3.8) is 0 Å². The molecule has 2 heterocycles.